The van der Waals surface area contributed by atoms with Crippen molar-refractivity contribution in [2.24, 2.45) is 0 Å². The molecule has 0 spiro atoms. The van der Waals surface area contributed by atoms with Gasteiger partial charge in [-0.1, -0.05) is 252 Å². The zero-order chi connectivity index (χ0) is 37.3. The fourth-order valence-electron chi connectivity index (χ4n) is 8.45. The summed E-state index contributed by atoms with van der Waals surface area (Å²) < 4.78 is 5.31. The molecule has 52 heavy (non-hydrogen) atoms. The number of nitrogens with zero attached hydrogens (tertiary/aromatic N) is 2. The summed E-state index contributed by atoms with van der Waals surface area (Å²) >= 11 is 0. The van der Waals surface area contributed by atoms with Crippen molar-refractivity contribution in [3.05, 3.63) is 18.2 Å². The van der Waals surface area contributed by atoms with Gasteiger partial charge in [-0.05, 0) is 32.1 Å². The first-order valence-corrected chi connectivity index (χ1v) is 24.9. The van der Waals surface area contributed by atoms with Crippen molar-refractivity contribution in [2.75, 3.05) is 0 Å². The topological polar surface area (TPSA) is 8.81 Å². The van der Waals surface area contributed by atoms with E-state index in [0.717, 1.165) is 0 Å². The Morgan fingerprint density at radius 3 is 0.923 bits per heavy atom. The molecule has 0 N–H and O–H groups in total. The molecule has 2 nitrogen and oxygen atoms in total. The quantitative estimate of drug-likeness (QED) is 0.0467. The lowest BCUT2D eigenvalue weighted by molar-refractivity contribution is -0.704. The molecule has 0 aliphatic carbocycles. The molecule has 0 saturated heterocycles. The fraction of sp³-hybridized carbons (Fsp3) is 0.940. The fourth-order valence-corrected chi connectivity index (χ4v) is 8.45. The van der Waals surface area contributed by atoms with Gasteiger partial charge in [0.05, 0.1) is 13.1 Å². The molecule has 1 aromatic heterocycles. The highest BCUT2D eigenvalue weighted by Gasteiger charge is 2.16. The van der Waals surface area contributed by atoms with Crippen LogP contribution in [0.15, 0.2) is 12.4 Å². The van der Waals surface area contributed by atoms with Crippen LogP contribution in [0.1, 0.15) is 290 Å². The lowest BCUT2D eigenvalue weighted by atomic mass is 10.0. The van der Waals surface area contributed by atoms with Crippen molar-refractivity contribution in [3.8, 4) is 0 Å². The summed E-state index contributed by atoms with van der Waals surface area (Å²) in [6.07, 6.45) is 65.3. The Bertz CT molecular complexity index is 796. The maximum absolute atomic E-state index is 2.66. The summed E-state index contributed by atoms with van der Waals surface area (Å²) in [7, 11) is 0. The van der Waals surface area contributed by atoms with Crippen molar-refractivity contribution in [2.45, 2.75) is 304 Å². The summed E-state index contributed by atoms with van der Waals surface area (Å²) in [5, 5.41) is 0. The maximum Gasteiger partial charge on any atom is 0.256 e. The average Bonchev–Trinajstić information content (AvgIpc) is 3.54. The van der Waals surface area contributed by atoms with E-state index in [1.807, 2.05) is 0 Å². The lowest BCUT2D eigenvalue weighted by Crippen LogP contribution is -2.37. The molecule has 0 aliphatic heterocycles. The summed E-state index contributed by atoms with van der Waals surface area (Å²) in [5.74, 6) is 1.63. The Morgan fingerprint density at radius 2 is 0.596 bits per heavy atom. The van der Waals surface area contributed by atoms with Gasteiger partial charge in [0.25, 0.3) is 5.82 Å². The maximum atomic E-state index is 2.66. The van der Waals surface area contributed by atoms with E-state index < -0.39 is 0 Å². The van der Waals surface area contributed by atoms with Crippen LogP contribution in [0.5, 0.6) is 0 Å². The second-order valence-corrected chi connectivity index (χ2v) is 17.3. The number of aryl methyl sites for hydroxylation is 2. The third-order valence-corrected chi connectivity index (χ3v) is 12.1. The Balaban J connectivity index is 2.25. The van der Waals surface area contributed by atoms with Gasteiger partial charge in [-0.2, -0.15) is 0 Å². The third kappa shape index (κ3) is 32.6. The van der Waals surface area contributed by atoms with E-state index in [1.54, 1.807) is 5.82 Å². The van der Waals surface area contributed by atoms with Gasteiger partial charge >= 0.3 is 0 Å². The molecule has 0 amide bonds. The average molecular weight is 728 g/mol. The molecule has 2 heteroatoms. The minimum atomic E-state index is 1.23. The number of aromatic nitrogens is 2. The molecule has 0 unspecified atom stereocenters. The van der Waals surface area contributed by atoms with E-state index in [-0.39, 0.29) is 0 Å². The van der Waals surface area contributed by atoms with Gasteiger partial charge in [-0.25, -0.2) is 9.13 Å². The predicted octanol–water partition coefficient (Wildman–Crippen LogP) is 17.4. The normalized spacial score (nSPS) is 11.7. The predicted molar refractivity (Wildman–Crippen MR) is 235 cm³/mol. The van der Waals surface area contributed by atoms with Crippen LogP contribution in [0, 0.1) is 0 Å². The highest BCUT2D eigenvalue weighted by Crippen LogP contribution is 2.17. The molecule has 0 atom stereocenters. The van der Waals surface area contributed by atoms with Gasteiger partial charge in [0.2, 0.25) is 0 Å². The third-order valence-electron chi connectivity index (χ3n) is 12.1. The summed E-state index contributed by atoms with van der Waals surface area (Å²) in [5.41, 5.74) is 0. The molecule has 1 aromatic rings. The second kappa shape index (κ2) is 41.4. The molecule has 1 rings (SSSR count). The van der Waals surface area contributed by atoms with E-state index in [0.29, 0.717) is 0 Å². The minimum absolute atomic E-state index is 1.23. The smallest absolute Gasteiger partial charge is 0.234 e. The number of imidazole rings is 1. The van der Waals surface area contributed by atoms with Crippen molar-refractivity contribution in [1.82, 2.24) is 4.57 Å². The van der Waals surface area contributed by atoms with Gasteiger partial charge < -0.3 is 0 Å². The number of hydrogen-bond acceptors (Lipinski definition) is 0. The van der Waals surface area contributed by atoms with Crippen LogP contribution in [0.3, 0.4) is 0 Å². The Morgan fingerprint density at radius 1 is 0.327 bits per heavy atom. The highest BCUT2D eigenvalue weighted by molar-refractivity contribution is 4.84. The number of hydrogen-bond donors (Lipinski definition) is 0. The largest absolute Gasteiger partial charge is 0.256 e. The monoisotopic (exact) mass is 728 g/mol. The molecule has 0 aliphatic rings. The second-order valence-electron chi connectivity index (χ2n) is 17.3. The first kappa shape index (κ1) is 49.2. The zero-order valence-corrected chi connectivity index (χ0v) is 36.7. The summed E-state index contributed by atoms with van der Waals surface area (Å²) in [6.45, 7) is 9.42. The van der Waals surface area contributed by atoms with Crippen LogP contribution >= 0.6 is 0 Å². The van der Waals surface area contributed by atoms with E-state index in [1.165, 1.54) is 283 Å². The van der Waals surface area contributed by atoms with E-state index in [9.17, 15) is 0 Å². The first-order chi connectivity index (χ1) is 25.8. The molecular weight excluding hydrogens is 629 g/mol. The highest BCUT2D eigenvalue weighted by atomic mass is 15.1. The molecule has 0 bridgehead atoms. The van der Waals surface area contributed by atoms with Gasteiger partial charge in [-0.15, -0.1) is 0 Å². The molecular formula is C50H99N2+. The molecule has 0 saturated carbocycles. The van der Waals surface area contributed by atoms with Gasteiger partial charge in [0.15, 0.2) is 0 Å². The van der Waals surface area contributed by atoms with Crippen LogP contribution in [-0.2, 0) is 19.5 Å². The number of rotatable bonds is 44. The Labute approximate surface area is 329 Å². The van der Waals surface area contributed by atoms with Gasteiger partial charge in [0.1, 0.15) is 12.4 Å². The Kier molecular flexibility index (Phi) is 39.2. The summed E-state index contributed by atoms with van der Waals surface area (Å²) in [4.78, 5) is 0. The van der Waals surface area contributed by atoms with Crippen molar-refractivity contribution >= 4 is 0 Å². The van der Waals surface area contributed by atoms with E-state index in [4.69, 9.17) is 0 Å². The van der Waals surface area contributed by atoms with Crippen LogP contribution in [0.2, 0.25) is 0 Å². The van der Waals surface area contributed by atoms with Crippen molar-refractivity contribution < 1.29 is 4.57 Å². The zero-order valence-electron chi connectivity index (χ0n) is 36.7. The Hall–Kier alpha value is -0.790. The van der Waals surface area contributed by atoms with Crippen LogP contribution in [-0.4, -0.2) is 4.57 Å². The SMILES string of the molecule is CCCCCCCCCCCCCCCCCCn1cc[n+](CCCCCCCCCCCCC)c1CCCCCCCCCCCCCCCC. The van der Waals surface area contributed by atoms with E-state index in [2.05, 4.69) is 42.3 Å². The van der Waals surface area contributed by atoms with Crippen LogP contribution in [0.4, 0.5) is 0 Å². The standard InChI is InChI=1S/C50H99N2/c1-4-7-10-13-16-19-22-24-26-27-29-32-35-38-41-44-47-52-49-48-51(46-43-40-37-34-31-21-18-15-12-9-6-3)50(52)45-42-39-36-33-30-28-25-23-20-17-14-11-8-5-2/h48-49H,4-47H2,1-3H3/q+1. The summed E-state index contributed by atoms with van der Waals surface area (Å²) in [6, 6.07) is 0. The molecule has 1 heterocycles. The molecule has 308 valence electrons. The molecule has 0 radical (unpaired) electrons. The van der Waals surface area contributed by atoms with E-state index >= 15 is 0 Å². The van der Waals surface area contributed by atoms with Crippen molar-refractivity contribution in [3.63, 3.8) is 0 Å². The van der Waals surface area contributed by atoms with Gasteiger partial charge in [0, 0.05) is 6.42 Å². The molecule has 0 fully saturated rings. The van der Waals surface area contributed by atoms with Crippen LogP contribution < -0.4 is 4.57 Å². The first-order valence-electron chi connectivity index (χ1n) is 24.9. The lowest BCUT2D eigenvalue weighted by Gasteiger charge is -2.07. The molecule has 0 aromatic carbocycles. The van der Waals surface area contributed by atoms with Gasteiger partial charge in [-0.3, -0.25) is 0 Å². The minimum Gasteiger partial charge on any atom is -0.234 e. The number of unbranched alkanes of at least 4 members (excludes halogenated alkanes) is 38. The van der Waals surface area contributed by atoms with Crippen molar-refractivity contribution in [1.29, 1.82) is 0 Å². The van der Waals surface area contributed by atoms with Crippen LogP contribution in [0.25, 0.3) is 0 Å².